The van der Waals surface area contributed by atoms with E-state index < -0.39 is 17.7 Å². The molecule has 0 heterocycles. The first-order valence-electron chi connectivity index (χ1n) is 7.80. The van der Waals surface area contributed by atoms with Crippen molar-refractivity contribution < 1.29 is 19.4 Å². The molecule has 1 unspecified atom stereocenters. The van der Waals surface area contributed by atoms with Gasteiger partial charge in [-0.1, -0.05) is 12.1 Å². The van der Waals surface area contributed by atoms with Gasteiger partial charge in [0.2, 0.25) is 0 Å². The smallest absolute Gasteiger partial charge is 0.409 e. The highest BCUT2D eigenvalue weighted by Crippen LogP contribution is 2.33. The Labute approximate surface area is 136 Å². The minimum absolute atomic E-state index is 0.00247. The Morgan fingerprint density at radius 2 is 1.87 bits per heavy atom. The third-order valence-corrected chi connectivity index (χ3v) is 3.40. The summed E-state index contributed by atoms with van der Waals surface area (Å²) in [4.78, 5) is 22.6. The van der Waals surface area contributed by atoms with Crippen LogP contribution in [0.25, 0.3) is 0 Å². The molecule has 3 N–H and O–H groups in total. The first-order valence-corrected chi connectivity index (χ1v) is 7.80. The lowest BCUT2D eigenvalue weighted by molar-refractivity contribution is -0.136. The lowest BCUT2D eigenvalue weighted by atomic mass is 10.1. The number of rotatable bonds is 6. The maximum absolute atomic E-state index is 11.9. The lowest BCUT2D eigenvalue weighted by Gasteiger charge is -2.25. The van der Waals surface area contributed by atoms with Crippen LogP contribution >= 0.6 is 0 Å². The Hall–Kier alpha value is -2.24. The van der Waals surface area contributed by atoms with Gasteiger partial charge in [-0.3, -0.25) is 4.79 Å². The quantitative estimate of drug-likeness (QED) is 0.701. The zero-order chi connectivity index (χ0) is 17.0. The van der Waals surface area contributed by atoms with Gasteiger partial charge in [0.1, 0.15) is 11.8 Å². The van der Waals surface area contributed by atoms with Gasteiger partial charge in [-0.15, -0.1) is 0 Å². The van der Waals surface area contributed by atoms with Gasteiger partial charge in [-0.2, -0.15) is 0 Å². The van der Waals surface area contributed by atoms with Crippen LogP contribution in [-0.4, -0.2) is 28.9 Å². The number of carbonyl (C=O) groups is 2. The van der Waals surface area contributed by atoms with Gasteiger partial charge < -0.3 is 20.5 Å². The molecule has 1 aliphatic rings. The van der Waals surface area contributed by atoms with Crippen LogP contribution in [0.4, 0.5) is 10.5 Å². The van der Waals surface area contributed by atoms with Gasteiger partial charge in [0, 0.05) is 5.69 Å². The van der Waals surface area contributed by atoms with E-state index in [1.807, 2.05) is 32.9 Å². The first kappa shape index (κ1) is 17.1. The number of alkyl carbamates (subject to hydrolysis) is 1. The van der Waals surface area contributed by atoms with Crippen LogP contribution < -0.4 is 10.6 Å². The number of carboxylic acid groups (broad SMARTS) is 1. The average molecular weight is 320 g/mol. The number of hydrogen-bond acceptors (Lipinski definition) is 4. The zero-order valence-electron chi connectivity index (χ0n) is 13.8. The van der Waals surface area contributed by atoms with Gasteiger partial charge in [0.25, 0.3) is 0 Å². The molecule has 1 atom stereocenters. The minimum atomic E-state index is -0.854. The topological polar surface area (TPSA) is 87.7 Å². The van der Waals surface area contributed by atoms with Crippen LogP contribution in [-0.2, 0) is 16.0 Å². The molecule has 0 radical (unpaired) electrons. The van der Waals surface area contributed by atoms with Crippen molar-refractivity contribution in [1.82, 2.24) is 5.32 Å². The van der Waals surface area contributed by atoms with Crippen molar-refractivity contribution in [1.29, 1.82) is 0 Å². The maximum atomic E-state index is 11.9. The summed E-state index contributed by atoms with van der Waals surface area (Å²) in [7, 11) is 0. The number of amides is 1. The summed E-state index contributed by atoms with van der Waals surface area (Å²) >= 11 is 0. The van der Waals surface area contributed by atoms with Crippen LogP contribution in [0.1, 0.15) is 39.2 Å². The molecule has 0 saturated heterocycles. The summed E-state index contributed by atoms with van der Waals surface area (Å²) in [5, 5.41) is 14.9. The Morgan fingerprint density at radius 1 is 1.26 bits per heavy atom. The van der Waals surface area contributed by atoms with E-state index in [4.69, 9.17) is 9.84 Å². The summed E-state index contributed by atoms with van der Waals surface area (Å²) < 4.78 is 5.29. The van der Waals surface area contributed by atoms with E-state index >= 15 is 0 Å². The molecule has 1 aliphatic carbocycles. The van der Waals surface area contributed by atoms with Gasteiger partial charge in [0.05, 0.1) is 6.42 Å². The summed E-state index contributed by atoms with van der Waals surface area (Å²) in [6, 6.07) is 7.19. The standard InChI is InChI=1S/C17H24N2O4/c1-17(2,3)23-16(22)19-15(12-6-7-12)18-13-8-4-11(5-9-13)10-14(20)21/h4-5,8-9,12,15,18H,6-7,10H2,1-3H3,(H,19,22)(H,20,21). The van der Waals surface area contributed by atoms with E-state index in [1.165, 1.54) is 0 Å². The van der Waals surface area contributed by atoms with Crippen LogP contribution in [0.3, 0.4) is 0 Å². The number of benzene rings is 1. The van der Waals surface area contributed by atoms with E-state index in [9.17, 15) is 9.59 Å². The molecule has 23 heavy (non-hydrogen) atoms. The highest BCUT2D eigenvalue weighted by Gasteiger charge is 2.33. The van der Waals surface area contributed by atoms with Crippen LogP contribution in [0, 0.1) is 5.92 Å². The monoisotopic (exact) mass is 320 g/mol. The Balaban J connectivity index is 1.94. The van der Waals surface area contributed by atoms with Crippen molar-refractivity contribution in [3.8, 4) is 0 Å². The van der Waals surface area contributed by atoms with Crippen molar-refractivity contribution in [3.63, 3.8) is 0 Å². The van der Waals surface area contributed by atoms with E-state index in [2.05, 4.69) is 10.6 Å². The van der Waals surface area contributed by atoms with Gasteiger partial charge in [-0.05, 0) is 57.2 Å². The van der Waals surface area contributed by atoms with Crippen molar-refractivity contribution in [2.24, 2.45) is 5.92 Å². The number of ether oxygens (including phenoxy) is 1. The molecule has 6 nitrogen and oxygen atoms in total. The third kappa shape index (κ3) is 6.18. The molecule has 126 valence electrons. The Kier molecular flexibility index (Phi) is 5.13. The maximum Gasteiger partial charge on any atom is 0.409 e. The molecule has 6 heteroatoms. The molecule has 0 bridgehead atoms. The Bertz CT molecular complexity index is 559. The second kappa shape index (κ2) is 6.89. The molecule has 0 aromatic heterocycles. The number of anilines is 1. The normalized spacial score (nSPS) is 15.6. The molecule has 1 aromatic carbocycles. The second-order valence-electron chi connectivity index (χ2n) is 6.87. The number of carboxylic acids is 1. The molecule has 0 aliphatic heterocycles. The Morgan fingerprint density at radius 3 is 2.35 bits per heavy atom. The van der Waals surface area contributed by atoms with E-state index in [0.717, 1.165) is 24.1 Å². The summed E-state index contributed by atoms with van der Waals surface area (Å²) in [5.41, 5.74) is 1.05. The number of nitrogens with one attached hydrogen (secondary N) is 2. The summed E-state index contributed by atoms with van der Waals surface area (Å²) in [6.45, 7) is 5.48. The fourth-order valence-corrected chi connectivity index (χ4v) is 2.21. The largest absolute Gasteiger partial charge is 0.481 e. The molecule has 0 spiro atoms. The highest BCUT2D eigenvalue weighted by atomic mass is 16.6. The number of carbonyl (C=O) groups excluding carboxylic acids is 1. The molecule has 1 saturated carbocycles. The first-order chi connectivity index (χ1) is 10.7. The van der Waals surface area contributed by atoms with Crippen LogP contribution in [0.2, 0.25) is 0 Å². The zero-order valence-corrected chi connectivity index (χ0v) is 13.8. The SMILES string of the molecule is CC(C)(C)OC(=O)NC(Nc1ccc(CC(=O)O)cc1)C1CC1. The average Bonchev–Trinajstić information content (AvgIpc) is 3.21. The van der Waals surface area contributed by atoms with E-state index in [0.29, 0.717) is 5.92 Å². The van der Waals surface area contributed by atoms with Crippen LogP contribution in [0.15, 0.2) is 24.3 Å². The lowest BCUT2D eigenvalue weighted by Crippen LogP contribution is -2.44. The molecular formula is C17H24N2O4. The van der Waals surface area contributed by atoms with Gasteiger partial charge in [0.15, 0.2) is 0 Å². The minimum Gasteiger partial charge on any atom is -0.481 e. The fourth-order valence-electron chi connectivity index (χ4n) is 2.21. The van der Waals surface area contributed by atoms with Crippen LogP contribution in [0.5, 0.6) is 0 Å². The molecule has 2 rings (SSSR count). The van der Waals surface area contributed by atoms with Crippen molar-refractivity contribution in [3.05, 3.63) is 29.8 Å². The van der Waals surface area contributed by atoms with Crippen molar-refractivity contribution in [2.45, 2.75) is 51.8 Å². The summed E-state index contributed by atoms with van der Waals surface area (Å²) in [5.74, 6) is -0.464. The molecule has 1 aromatic rings. The predicted molar refractivity (Wildman–Crippen MR) is 87.3 cm³/mol. The van der Waals surface area contributed by atoms with Crippen molar-refractivity contribution >= 4 is 17.7 Å². The van der Waals surface area contributed by atoms with Gasteiger partial charge in [-0.25, -0.2) is 4.79 Å². The predicted octanol–water partition coefficient (Wildman–Crippen LogP) is 2.99. The third-order valence-electron chi connectivity index (χ3n) is 3.40. The number of hydrogen-bond donors (Lipinski definition) is 3. The molecule has 1 amide bonds. The highest BCUT2D eigenvalue weighted by molar-refractivity contribution is 5.70. The summed E-state index contributed by atoms with van der Waals surface area (Å²) in [6.07, 6.45) is 1.50. The van der Waals surface area contributed by atoms with Gasteiger partial charge >= 0.3 is 12.1 Å². The fraction of sp³-hybridized carbons (Fsp3) is 0.529. The second-order valence-corrected chi connectivity index (χ2v) is 6.87. The van der Waals surface area contributed by atoms with E-state index in [-0.39, 0.29) is 12.6 Å². The van der Waals surface area contributed by atoms with Crippen molar-refractivity contribution in [2.75, 3.05) is 5.32 Å². The molecule has 1 fully saturated rings. The number of aliphatic carboxylic acids is 1. The van der Waals surface area contributed by atoms with E-state index in [1.54, 1.807) is 12.1 Å². The molecular weight excluding hydrogens is 296 g/mol.